The van der Waals surface area contributed by atoms with Gasteiger partial charge in [-0.25, -0.2) is 0 Å². The van der Waals surface area contributed by atoms with Crippen molar-refractivity contribution in [2.75, 3.05) is 19.6 Å². The average Bonchev–Trinajstić information content (AvgIpc) is 2.87. The number of likely N-dealkylation sites (tertiary alicyclic amines) is 1. The Hall–Kier alpha value is -2.90. The zero-order valence-corrected chi connectivity index (χ0v) is 21.7. The molecule has 7 heteroatoms. The molecular formula is C29H39N3O4. The molecule has 2 heterocycles. The average molecular weight is 494 g/mol. The molecule has 2 aromatic rings. The highest BCUT2D eigenvalue weighted by Gasteiger charge is 2.53. The van der Waals surface area contributed by atoms with E-state index in [4.69, 9.17) is 4.74 Å². The van der Waals surface area contributed by atoms with Gasteiger partial charge in [0.1, 0.15) is 23.1 Å². The first-order chi connectivity index (χ1) is 17.3. The van der Waals surface area contributed by atoms with E-state index in [0.717, 1.165) is 18.0 Å². The van der Waals surface area contributed by atoms with Crippen LogP contribution in [0.2, 0.25) is 0 Å². The van der Waals surface area contributed by atoms with Gasteiger partial charge in [-0.15, -0.1) is 0 Å². The van der Waals surface area contributed by atoms with Crippen molar-refractivity contribution in [2.24, 2.45) is 5.92 Å². The molecule has 2 atom stereocenters. The molecule has 0 aliphatic carbocycles. The molecule has 0 saturated carbocycles. The summed E-state index contributed by atoms with van der Waals surface area (Å²) in [5.41, 5.74) is 0.288. The maximum absolute atomic E-state index is 13.4. The van der Waals surface area contributed by atoms with Gasteiger partial charge in [-0.1, -0.05) is 51.1 Å². The van der Waals surface area contributed by atoms with E-state index in [-0.39, 0.29) is 24.3 Å². The van der Waals surface area contributed by atoms with Crippen molar-refractivity contribution in [1.82, 2.24) is 15.1 Å². The summed E-state index contributed by atoms with van der Waals surface area (Å²) in [5, 5.41) is 13.4. The largest absolute Gasteiger partial charge is 0.457 e. The van der Waals surface area contributed by atoms with Gasteiger partial charge in [-0.3, -0.25) is 14.5 Å². The molecule has 194 valence electrons. The summed E-state index contributed by atoms with van der Waals surface area (Å²) in [7, 11) is 0. The predicted molar refractivity (Wildman–Crippen MR) is 140 cm³/mol. The number of nitrogens with zero attached hydrogens (tertiary/aromatic N) is 2. The number of benzene rings is 2. The highest BCUT2D eigenvalue weighted by atomic mass is 16.5. The zero-order valence-electron chi connectivity index (χ0n) is 21.7. The van der Waals surface area contributed by atoms with Gasteiger partial charge in [0.2, 0.25) is 11.8 Å². The Morgan fingerprint density at radius 1 is 1.03 bits per heavy atom. The van der Waals surface area contributed by atoms with E-state index in [1.54, 1.807) is 4.90 Å². The Morgan fingerprint density at radius 2 is 1.67 bits per heavy atom. The first-order valence-electron chi connectivity index (χ1n) is 13.2. The first kappa shape index (κ1) is 26.2. The maximum Gasteiger partial charge on any atom is 0.246 e. The fourth-order valence-corrected chi connectivity index (χ4v) is 5.24. The number of para-hydroxylation sites is 1. The number of β-amino-alcohol motifs (C(OH)–C–C–N with tert-alkyl or cyclic N) is 1. The number of carbonyl (C=O) groups is 2. The van der Waals surface area contributed by atoms with E-state index in [1.807, 2.05) is 63.2 Å². The van der Waals surface area contributed by atoms with E-state index in [1.165, 1.54) is 5.56 Å². The molecule has 7 nitrogen and oxygen atoms in total. The minimum absolute atomic E-state index is 0.0572. The standard InChI is InChI=1S/C29H39N3O4/c1-4-23(33)20-32-27(34)26(18-21(2)3)30-28(35)29(32)14-16-31(17-15-29)19-22-10-12-25(13-11-22)36-24-8-6-5-7-9-24/h5-13,21,23,26,33H,4,14-20H2,1-3H3,(H,30,35). The monoisotopic (exact) mass is 493 g/mol. The Bertz CT molecular complexity index is 1020. The summed E-state index contributed by atoms with van der Waals surface area (Å²) in [6.45, 7) is 8.38. The number of hydrogen-bond acceptors (Lipinski definition) is 5. The Balaban J connectivity index is 1.40. The van der Waals surface area contributed by atoms with Crippen molar-refractivity contribution >= 4 is 11.8 Å². The van der Waals surface area contributed by atoms with Crippen LogP contribution in [0.5, 0.6) is 11.5 Å². The van der Waals surface area contributed by atoms with Crippen LogP contribution in [0.1, 0.15) is 52.0 Å². The second-order valence-corrected chi connectivity index (χ2v) is 10.5. The molecule has 0 bridgehead atoms. The van der Waals surface area contributed by atoms with E-state index < -0.39 is 17.7 Å². The number of carbonyl (C=O) groups excluding carboxylic acids is 2. The molecule has 2 saturated heterocycles. The van der Waals surface area contributed by atoms with Crippen LogP contribution in [0.15, 0.2) is 54.6 Å². The Morgan fingerprint density at radius 3 is 2.28 bits per heavy atom. The molecule has 2 unspecified atom stereocenters. The summed E-state index contributed by atoms with van der Waals surface area (Å²) in [6, 6.07) is 17.3. The molecule has 2 aromatic carbocycles. The van der Waals surface area contributed by atoms with Gasteiger partial charge in [0.25, 0.3) is 0 Å². The molecule has 2 fully saturated rings. The van der Waals surface area contributed by atoms with Crippen molar-refractivity contribution < 1.29 is 19.4 Å². The minimum atomic E-state index is -0.884. The van der Waals surface area contributed by atoms with Gasteiger partial charge in [0.05, 0.1) is 6.10 Å². The van der Waals surface area contributed by atoms with Crippen LogP contribution in [0, 0.1) is 5.92 Å². The molecule has 1 spiro atoms. The quantitative estimate of drug-likeness (QED) is 0.553. The lowest BCUT2D eigenvalue weighted by Crippen LogP contribution is -2.73. The molecular weight excluding hydrogens is 454 g/mol. The number of rotatable bonds is 9. The van der Waals surface area contributed by atoms with Crippen LogP contribution >= 0.6 is 0 Å². The summed E-state index contributed by atoms with van der Waals surface area (Å²) in [5.74, 6) is 1.76. The van der Waals surface area contributed by atoms with Crippen LogP contribution in [0.4, 0.5) is 0 Å². The SMILES string of the molecule is CCC(O)CN1C(=O)C(CC(C)C)NC(=O)C12CCN(Cc1ccc(Oc3ccccc3)cc1)CC2. The minimum Gasteiger partial charge on any atom is -0.457 e. The molecule has 2 amide bonds. The fraction of sp³-hybridized carbons (Fsp3) is 0.517. The van der Waals surface area contributed by atoms with Gasteiger partial charge in [-0.2, -0.15) is 0 Å². The van der Waals surface area contributed by atoms with E-state index in [9.17, 15) is 14.7 Å². The van der Waals surface area contributed by atoms with Gasteiger partial charge >= 0.3 is 0 Å². The van der Waals surface area contributed by atoms with Crippen molar-refractivity contribution in [2.45, 2.75) is 70.7 Å². The maximum atomic E-state index is 13.4. The molecule has 2 N–H and O–H groups in total. The number of aliphatic hydroxyl groups excluding tert-OH is 1. The van der Waals surface area contributed by atoms with Gasteiger partial charge < -0.3 is 20.1 Å². The molecule has 2 aliphatic heterocycles. The third kappa shape index (κ3) is 5.90. The van der Waals surface area contributed by atoms with Crippen molar-refractivity contribution in [3.05, 3.63) is 60.2 Å². The first-order valence-corrected chi connectivity index (χ1v) is 13.2. The number of amides is 2. The Kier molecular flexibility index (Phi) is 8.32. The lowest BCUT2D eigenvalue weighted by atomic mass is 9.80. The third-order valence-corrected chi connectivity index (χ3v) is 7.37. The van der Waals surface area contributed by atoms with E-state index >= 15 is 0 Å². The summed E-state index contributed by atoms with van der Waals surface area (Å²) < 4.78 is 5.89. The number of nitrogens with one attached hydrogen (secondary N) is 1. The smallest absolute Gasteiger partial charge is 0.246 e. The van der Waals surface area contributed by atoms with E-state index in [2.05, 4.69) is 22.3 Å². The predicted octanol–water partition coefficient (Wildman–Crippen LogP) is 3.96. The van der Waals surface area contributed by atoms with Gasteiger partial charge in [0.15, 0.2) is 0 Å². The second-order valence-electron chi connectivity index (χ2n) is 10.5. The number of aliphatic hydroxyl groups is 1. The van der Waals surface area contributed by atoms with Gasteiger partial charge in [0, 0.05) is 26.2 Å². The molecule has 0 radical (unpaired) electrons. The highest BCUT2D eigenvalue weighted by Crippen LogP contribution is 2.35. The number of piperazine rings is 1. The number of hydrogen-bond donors (Lipinski definition) is 2. The second kappa shape index (κ2) is 11.4. The van der Waals surface area contributed by atoms with Gasteiger partial charge in [-0.05, 0) is 61.4 Å². The highest BCUT2D eigenvalue weighted by molar-refractivity contribution is 6.00. The summed E-state index contributed by atoms with van der Waals surface area (Å²) in [6.07, 6.45) is 1.64. The molecule has 2 aliphatic rings. The molecule has 4 rings (SSSR count). The third-order valence-electron chi connectivity index (χ3n) is 7.37. The Labute approximate surface area is 214 Å². The van der Waals surface area contributed by atoms with Crippen LogP contribution < -0.4 is 10.1 Å². The van der Waals surface area contributed by atoms with E-state index in [0.29, 0.717) is 38.8 Å². The topological polar surface area (TPSA) is 82.1 Å². The van der Waals surface area contributed by atoms with Crippen molar-refractivity contribution in [3.63, 3.8) is 0 Å². The van der Waals surface area contributed by atoms with Crippen molar-refractivity contribution in [3.8, 4) is 11.5 Å². The fourth-order valence-electron chi connectivity index (χ4n) is 5.24. The van der Waals surface area contributed by atoms with Crippen LogP contribution in [0.3, 0.4) is 0 Å². The summed E-state index contributed by atoms with van der Waals surface area (Å²) in [4.78, 5) is 30.9. The van der Waals surface area contributed by atoms with Crippen LogP contribution in [-0.4, -0.2) is 64.0 Å². The lowest BCUT2D eigenvalue weighted by Gasteiger charge is -2.52. The van der Waals surface area contributed by atoms with Crippen LogP contribution in [0.25, 0.3) is 0 Å². The zero-order chi connectivity index (χ0) is 25.7. The number of ether oxygens (including phenoxy) is 1. The number of piperidine rings is 1. The lowest BCUT2D eigenvalue weighted by molar-refractivity contribution is -0.163. The van der Waals surface area contributed by atoms with Crippen LogP contribution in [-0.2, 0) is 16.1 Å². The molecule has 36 heavy (non-hydrogen) atoms. The normalized spacial score (nSPS) is 21.0. The molecule has 0 aromatic heterocycles. The van der Waals surface area contributed by atoms with Crippen molar-refractivity contribution in [1.29, 1.82) is 0 Å². The summed E-state index contributed by atoms with van der Waals surface area (Å²) >= 11 is 0.